The fourth-order valence-electron chi connectivity index (χ4n) is 3.86. The molecule has 5 rings (SSSR count). The van der Waals surface area contributed by atoms with Crippen molar-refractivity contribution in [2.24, 2.45) is 0 Å². The topological polar surface area (TPSA) is 45.7 Å². The number of halogens is 1. The maximum absolute atomic E-state index is 13.2. The number of hydrogen-bond donors (Lipinski definition) is 0. The molecule has 0 spiro atoms. The number of aromatic nitrogens is 1. The molecule has 1 fully saturated rings. The smallest absolute Gasteiger partial charge is 0.264 e. The number of carbonyl (C=O) groups is 1. The quantitative estimate of drug-likeness (QED) is 0.381. The summed E-state index contributed by atoms with van der Waals surface area (Å²) in [5, 5.41) is 1.55. The van der Waals surface area contributed by atoms with Gasteiger partial charge in [0.05, 0.1) is 15.8 Å². The Kier molecular flexibility index (Phi) is 6.08. The van der Waals surface area contributed by atoms with Crippen molar-refractivity contribution in [1.82, 2.24) is 14.8 Å². The van der Waals surface area contributed by atoms with Crippen LogP contribution in [0, 0.1) is 0 Å². The summed E-state index contributed by atoms with van der Waals surface area (Å²) < 4.78 is 6.94. The minimum absolute atomic E-state index is 0.0722. The van der Waals surface area contributed by atoms with Crippen molar-refractivity contribution in [1.29, 1.82) is 0 Å². The standard InChI is InChI=1S/C25H22ClN3O2S/c26-19-6-8-20(9-7-19)31-22-15-27-16-24-21(22)14-23(32-24)25(30)29-12-10-28(11-13-29)17-18-4-2-1-3-5-18/h1-9,14-16H,10-13,17H2. The van der Waals surface area contributed by atoms with Gasteiger partial charge in [-0.15, -0.1) is 11.3 Å². The van der Waals surface area contributed by atoms with Gasteiger partial charge in [-0.3, -0.25) is 14.7 Å². The van der Waals surface area contributed by atoms with Crippen LogP contribution in [0.3, 0.4) is 0 Å². The van der Waals surface area contributed by atoms with Gasteiger partial charge in [0.25, 0.3) is 5.91 Å². The molecule has 0 saturated carbocycles. The summed E-state index contributed by atoms with van der Waals surface area (Å²) in [7, 11) is 0. The molecule has 4 aromatic rings. The molecule has 1 aliphatic heterocycles. The van der Waals surface area contributed by atoms with Crippen LogP contribution in [-0.4, -0.2) is 46.9 Å². The molecule has 0 unspecified atom stereocenters. The van der Waals surface area contributed by atoms with Crippen LogP contribution in [-0.2, 0) is 6.54 Å². The van der Waals surface area contributed by atoms with Gasteiger partial charge in [-0.1, -0.05) is 41.9 Å². The highest BCUT2D eigenvalue weighted by Gasteiger charge is 2.24. The van der Waals surface area contributed by atoms with Crippen molar-refractivity contribution >= 4 is 38.9 Å². The minimum atomic E-state index is 0.0722. The van der Waals surface area contributed by atoms with Gasteiger partial charge in [-0.25, -0.2) is 0 Å². The molecule has 1 aliphatic rings. The van der Waals surface area contributed by atoms with E-state index in [0.29, 0.717) is 21.4 Å². The van der Waals surface area contributed by atoms with Gasteiger partial charge in [0.15, 0.2) is 5.75 Å². The van der Waals surface area contributed by atoms with Crippen molar-refractivity contribution < 1.29 is 9.53 Å². The molecule has 0 radical (unpaired) electrons. The van der Waals surface area contributed by atoms with Gasteiger partial charge in [0.1, 0.15) is 5.75 Å². The highest BCUT2D eigenvalue weighted by Crippen LogP contribution is 2.35. The molecule has 32 heavy (non-hydrogen) atoms. The maximum atomic E-state index is 13.2. The van der Waals surface area contributed by atoms with Crippen LogP contribution >= 0.6 is 22.9 Å². The van der Waals surface area contributed by atoms with Crippen LogP contribution < -0.4 is 4.74 Å². The summed E-state index contributed by atoms with van der Waals surface area (Å²) in [6, 6.07) is 19.6. The van der Waals surface area contributed by atoms with Gasteiger partial charge >= 0.3 is 0 Å². The average molecular weight is 464 g/mol. The Morgan fingerprint density at radius 1 is 1.00 bits per heavy atom. The van der Waals surface area contributed by atoms with Crippen LogP contribution in [0.4, 0.5) is 0 Å². The van der Waals surface area contributed by atoms with Crippen molar-refractivity contribution in [3.63, 3.8) is 0 Å². The molecule has 0 N–H and O–H groups in total. The summed E-state index contributed by atoms with van der Waals surface area (Å²) in [5.74, 6) is 1.38. The van der Waals surface area contributed by atoms with E-state index in [1.54, 1.807) is 24.5 Å². The Morgan fingerprint density at radius 3 is 2.50 bits per heavy atom. The highest BCUT2D eigenvalue weighted by atomic mass is 35.5. The third-order valence-electron chi connectivity index (χ3n) is 5.57. The normalized spacial score (nSPS) is 14.6. The Hall–Kier alpha value is -2.93. The number of nitrogens with zero attached hydrogens (tertiary/aromatic N) is 3. The second kappa shape index (κ2) is 9.28. The zero-order chi connectivity index (χ0) is 21.9. The fraction of sp³-hybridized carbons (Fsp3) is 0.200. The van der Waals surface area contributed by atoms with Crippen molar-refractivity contribution in [2.75, 3.05) is 26.2 Å². The molecule has 1 saturated heterocycles. The number of pyridine rings is 1. The Bertz CT molecular complexity index is 1220. The largest absolute Gasteiger partial charge is 0.455 e. The molecule has 7 heteroatoms. The second-order valence-corrected chi connectivity index (χ2v) is 9.29. The van der Waals surface area contributed by atoms with E-state index in [9.17, 15) is 4.79 Å². The SMILES string of the molecule is O=C(c1cc2c(Oc3ccc(Cl)cc3)cncc2s1)N1CCN(Cc2ccccc2)CC1. The van der Waals surface area contributed by atoms with Crippen LogP contribution in [0.2, 0.25) is 5.02 Å². The van der Waals surface area contributed by atoms with E-state index in [4.69, 9.17) is 16.3 Å². The van der Waals surface area contributed by atoms with Crippen molar-refractivity contribution in [3.05, 3.63) is 88.5 Å². The number of thiophene rings is 1. The summed E-state index contributed by atoms with van der Waals surface area (Å²) in [6.07, 6.45) is 3.46. The van der Waals surface area contributed by atoms with E-state index in [2.05, 4.69) is 34.1 Å². The van der Waals surface area contributed by atoms with E-state index in [1.165, 1.54) is 16.9 Å². The Morgan fingerprint density at radius 2 is 1.75 bits per heavy atom. The molecule has 0 atom stereocenters. The van der Waals surface area contributed by atoms with E-state index < -0.39 is 0 Å². The van der Waals surface area contributed by atoms with Crippen LogP contribution in [0.25, 0.3) is 10.1 Å². The zero-order valence-electron chi connectivity index (χ0n) is 17.4. The second-order valence-electron chi connectivity index (χ2n) is 7.77. The van der Waals surface area contributed by atoms with Crippen molar-refractivity contribution in [2.45, 2.75) is 6.54 Å². The Balaban J connectivity index is 1.27. The number of fused-ring (bicyclic) bond motifs is 1. The molecule has 5 nitrogen and oxygen atoms in total. The lowest BCUT2D eigenvalue weighted by atomic mass is 10.2. The van der Waals surface area contributed by atoms with Gasteiger partial charge < -0.3 is 9.64 Å². The lowest BCUT2D eigenvalue weighted by Crippen LogP contribution is -2.48. The number of carbonyl (C=O) groups excluding carboxylic acids is 1. The first-order chi connectivity index (χ1) is 15.7. The molecular weight excluding hydrogens is 442 g/mol. The molecule has 2 aromatic heterocycles. The molecule has 0 bridgehead atoms. The van der Waals surface area contributed by atoms with E-state index in [-0.39, 0.29) is 5.91 Å². The number of benzene rings is 2. The predicted octanol–water partition coefficient (Wildman–Crippen LogP) is 5.70. The lowest BCUT2D eigenvalue weighted by molar-refractivity contribution is 0.0633. The maximum Gasteiger partial charge on any atom is 0.264 e. The third-order valence-corrected chi connectivity index (χ3v) is 6.88. The first kappa shape index (κ1) is 20.9. The first-order valence-corrected chi connectivity index (χ1v) is 11.7. The molecule has 0 aliphatic carbocycles. The van der Waals surface area contributed by atoms with Crippen LogP contribution in [0.5, 0.6) is 11.5 Å². The molecule has 2 aromatic carbocycles. The van der Waals surface area contributed by atoms with Gasteiger partial charge in [-0.2, -0.15) is 0 Å². The summed E-state index contributed by atoms with van der Waals surface area (Å²) >= 11 is 7.42. The third kappa shape index (κ3) is 4.63. The van der Waals surface area contributed by atoms with Crippen molar-refractivity contribution in [3.8, 4) is 11.5 Å². The average Bonchev–Trinajstić information content (AvgIpc) is 3.27. The Labute approximate surface area is 195 Å². The zero-order valence-corrected chi connectivity index (χ0v) is 19.0. The summed E-state index contributed by atoms with van der Waals surface area (Å²) in [6.45, 7) is 4.12. The van der Waals surface area contributed by atoms with Crippen LogP contribution in [0.1, 0.15) is 15.2 Å². The number of piperazine rings is 1. The fourth-order valence-corrected chi connectivity index (χ4v) is 5.00. The van der Waals surface area contributed by atoms with Gasteiger partial charge in [-0.05, 0) is 35.9 Å². The molecule has 1 amide bonds. The monoisotopic (exact) mass is 463 g/mol. The van der Waals surface area contributed by atoms with E-state index in [1.807, 2.05) is 29.2 Å². The highest BCUT2D eigenvalue weighted by molar-refractivity contribution is 7.20. The lowest BCUT2D eigenvalue weighted by Gasteiger charge is -2.34. The molecule has 3 heterocycles. The van der Waals surface area contributed by atoms with Gasteiger partial charge in [0.2, 0.25) is 0 Å². The summed E-state index contributed by atoms with van der Waals surface area (Å²) in [5.41, 5.74) is 1.30. The number of hydrogen-bond acceptors (Lipinski definition) is 5. The van der Waals surface area contributed by atoms with E-state index >= 15 is 0 Å². The summed E-state index contributed by atoms with van der Waals surface area (Å²) in [4.78, 5) is 22.5. The van der Waals surface area contributed by atoms with Crippen LogP contribution in [0.15, 0.2) is 73.1 Å². The number of ether oxygens (including phenoxy) is 1. The molecule has 162 valence electrons. The molecular formula is C25H22ClN3O2S. The number of amides is 1. The van der Waals surface area contributed by atoms with Gasteiger partial charge in [0, 0.05) is 49.3 Å². The first-order valence-electron chi connectivity index (χ1n) is 10.5. The van der Waals surface area contributed by atoms with E-state index in [0.717, 1.165) is 42.8 Å². The number of rotatable bonds is 5. The predicted molar refractivity (Wildman–Crippen MR) is 129 cm³/mol. The minimum Gasteiger partial charge on any atom is -0.455 e.